The topological polar surface area (TPSA) is 38.7 Å². The van der Waals surface area contributed by atoms with Gasteiger partial charge in [-0.05, 0) is 27.2 Å². The van der Waals surface area contributed by atoms with E-state index < -0.39 is 0 Å². The minimum Gasteiger partial charge on any atom is -0.396 e. The fraction of sp³-hybridized carbons (Fsp3) is 1.00. The van der Waals surface area contributed by atoms with Crippen LogP contribution in [0.3, 0.4) is 0 Å². The van der Waals surface area contributed by atoms with Gasteiger partial charge >= 0.3 is 0 Å². The third-order valence-corrected chi connectivity index (χ3v) is 1.80. The van der Waals surface area contributed by atoms with E-state index in [0.29, 0.717) is 13.0 Å². The molecular weight excluding hydrogens is 156 g/mol. The van der Waals surface area contributed by atoms with Crippen molar-refractivity contribution in [1.82, 2.24) is 0 Å². The molecule has 1 N–H and O–H groups in total. The van der Waals surface area contributed by atoms with E-state index in [1.165, 1.54) is 0 Å². The van der Waals surface area contributed by atoms with E-state index in [9.17, 15) is 0 Å². The molecule has 0 aliphatic heterocycles. The van der Waals surface area contributed by atoms with E-state index in [0.717, 1.165) is 0 Å². The maximum Gasteiger partial charge on any atom is 0.0855 e. The van der Waals surface area contributed by atoms with Gasteiger partial charge < -0.3 is 14.6 Å². The summed E-state index contributed by atoms with van der Waals surface area (Å²) in [5, 5.41) is 8.61. The standard InChI is InChI=1S/C9H20O3/c1-8(5-6-10)12-7-9(2,3)11-4/h8,10H,5-7H2,1-4H3. The molecule has 74 valence electrons. The van der Waals surface area contributed by atoms with Crippen molar-refractivity contribution in [1.29, 1.82) is 0 Å². The zero-order chi connectivity index (χ0) is 9.61. The van der Waals surface area contributed by atoms with Crippen molar-refractivity contribution >= 4 is 0 Å². The number of methoxy groups -OCH3 is 1. The summed E-state index contributed by atoms with van der Waals surface area (Å²) in [5.41, 5.74) is -0.232. The number of aliphatic hydroxyl groups excluding tert-OH is 1. The molecule has 0 radical (unpaired) electrons. The van der Waals surface area contributed by atoms with Crippen molar-refractivity contribution in [2.24, 2.45) is 0 Å². The number of ether oxygens (including phenoxy) is 2. The summed E-state index contributed by atoms with van der Waals surface area (Å²) in [6.07, 6.45) is 0.782. The van der Waals surface area contributed by atoms with Gasteiger partial charge in [-0.3, -0.25) is 0 Å². The molecule has 0 bridgehead atoms. The summed E-state index contributed by atoms with van der Waals surface area (Å²) in [7, 11) is 1.67. The average Bonchev–Trinajstić information content (AvgIpc) is 2.02. The van der Waals surface area contributed by atoms with Crippen LogP contribution in [0, 0.1) is 0 Å². The lowest BCUT2D eigenvalue weighted by Crippen LogP contribution is -2.31. The number of aliphatic hydroxyl groups is 1. The first-order chi connectivity index (χ1) is 5.52. The molecule has 0 amide bonds. The molecule has 1 unspecified atom stereocenters. The Bertz CT molecular complexity index is 112. The van der Waals surface area contributed by atoms with Gasteiger partial charge in [0.05, 0.1) is 18.3 Å². The molecule has 0 aromatic rings. The van der Waals surface area contributed by atoms with Gasteiger partial charge in [-0.1, -0.05) is 0 Å². The summed E-state index contributed by atoms with van der Waals surface area (Å²) in [6.45, 7) is 6.62. The lowest BCUT2D eigenvalue weighted by Gasteiger charge is -2.24. The van der Waals surface area contributed by atoms with Gasteiger partial charge in [-0.25, -0.2) is 0 Å². The zero-order valence-electron chi connectivity index (χ0n) is 8.46. The Morgan fingerprint density at radius 1 is 1.42 bits per heavy atom. The number of hydrogen-bond donors (Lipinski definition) is 1. The lowest BCUT2D eigenvalue weighted by molar-refractivity contribution is -0.0745. The highest BCUT2D eigenvalue weighted by Gasteiger charge is 2.17. The van der Waals surface area contributed by atoms with Crippen LogP contribution in [0.4, 0.5) is 0 Å². The van der Waals surface area contributed by atoms with Crippen LogP contribution in [-0.2, 0) is 9.47 Å². The summed E-state index contributed by atoms with van der Waals surface area (Å²) in [4.78, 5) is 0. The van der Waals surface area contributed by atoms with Crippen LogP contribution in [0.2, 0.25) is 0 Å². The molecule has 1 atom stereocenters. The smallest absolute Gasteiger partial charge is 0.0855 e. The first-order valence-corrected chi connectivity index (χ1v) is 4.29. The monoisotopic (exact) mass is 176 g/mol. The van der Waals surface area contributed by atoms with Crippen molar-refractivity contribution in [2.75, 3.05) is 20.3 Å². The molecule has 0 saturated carbocycles. The highest BCUT2D eigenvalue weighted by molar-refractivity contribution is 4.67. The lowest BCUT2D eigenvalue weighted by atomic mass is 10.1. The van der Waals surface area contributed by atoms with Gasteiger partial charge in [0.25, 0.3) is 0 Å². The maximum absolute atomic E-state index is 8.61. The van der Waals surface area contributed by atoms with Crippen LogP contribution < -0.4 is 0 Å². The molecule has 0 aliphatic carbocycles. The molecule has 3 nitrogen and oxygen atoms in total. The Kier molecular flexibility index (Phi) is 5.46. The van der Waals surface area contributed by atoms with Crippen LogP contribution in [-0.4, -0.2) is 37.1 Å². The van der Waals surface area contributed by atoms with Crippen molar-refractivity contribution in [3.8, 4) is 0 Å². The predicted molar refractivity (Wildman–Crippen MR) is 48.2 cm³/mol. The quantitative estimate of drug-likeness (QED) is 0.661. The first-order valence-electron chi connectivity index (χ1n) is 4.29. The van der Waals surface area contributed by atoms with Crippen LogP contribution in [0.15, 0.2) is 0 Å². The minimum atomic E-state index is -0.232. The molecule has 0 fully saturated rings. The van der Waals surface area contributed by atoms with Gasteiger partial charge in [0.1, 0.15) is 0 Å². The van der Waals surface area contributed by atoms with E-state index in [2.05, 4.69) is 0 Å². The molecule has 0 spiro atoms. The second kappa shape index (κ2) is 5.51. The Labute approximate surface area is 74.7 Å². The summed E-state index contributed by atoms with van der Waals surface area (Å²) < 4.78 is 10.6. The van der Waals surface area contributed by atoms with E-state index in [-0.39, 0.29) is 18.3 Å². The van der Waals surface area contributed by atoms with Crippen molar-refractivity contribution in [3.05, 3.63) is 0 Å². The van der Waals surface area contributed by atoms with Crippen LogP contribution in [0.25, 0.3) is 0 Å². The highest BCUT2D eigenvalue weighted by atomic mass is 16.5. The molecule has 12 heavy (non-hydrogen) atoms. The second-order valence-corrected chi connectivity index (χ2v) is 3.60. The van der Waals surface area contributed by atoms with Crippen molar-refractivity contribution < 1.29 is 14.6 Å². The third kappa shape index (κ3) is 5.52. The molecule has 0 heterocycles. The van der Waals surface area contributed by atoms with Gasteiger partial charge in [-0.15, -0.1) is 0 Å². The molecule has 0 aliphatic rings. The summed E-state index contributed by atoms with van der Waals surface area (Å²) >= 11 is 0. The largest absolute Gasteiger partial charge is 0.396 e. The first kappa shape index (κ1) is 11.9. The van der Waals surface area contributed by atoms with Crippen LogP contribution >= 0.6 is 0 Å². The normalized spacial score (nSPS) is 14.8. The molecule has 3 heteroatoms. The van der Waals surface area contributed by atoms with E-state index in [4.69, 9.17) is 14.6 Å². The second-order valence-electron chi connectivity index (χ2n) is 3.60. The molecule has 0 rings (SSSR count). The van der Waals surface area contributed by atoms with Crippen LogP contribution in [0.5, 0.6) is 0 Å². The van der Waals surface area contributed by atoms with Gasteiger partial charge in [-0.2, -0.15) is 0 Å². The van der Waals surface area contributed by atoms with E-state index in [1.54, 1.807) is 7.11 Å². The third-order valence-electron chi connectivity index (χ3n) is 1.80. The molecule has 0 saturated heterocycles. The summed E-state index contributed by atoms with van der Waals surface area (Å²) in [5.74, 6) is 0. The molecule has 0 aromatic carbocycles. The predicted octanol–water partition coefficient (Wildman–Crippen LogP) is 1.20. The molecule has 0 aromatic heterocycles. The number of rotatable bonds is 6. The fourth-order valence-corrected chi connectivity index (χ4v) is 0.667. The van der Waals surface area contributed by atoms with Gasteiger partial charge in [0.2, 0.25) is 0 Å². The zero-order valence-corrected chi connectivity index (χ0v) is 8.46. The average molecular weight is 176 g/mol. The maximum atomic E-state index is 8.61. The van der Waals surface area contributed by atoms with Crippen molar-refractivity contribution in [3.63, 3.8) is 0 Å². The summed E-state index contributed by atoms with van der Waals surface area (Å²) in [6, 6.07) is 0. The Balaban J connectivity index is 3.52. The molecular formula is C9H20O3. The van der Waals surface area contributed by atoms with Gasteiger partial charge in [0, 0.05) is 13.7 Å². The SMILES string of the molecule is COC(C)(C)COC(C)CCO. The fourth-order valence-electron chi connectivity index (χ4n) is 0.667. The van der Waals surface area contributed by atoms with Crippen LogP contribution in [0.1, 0.15) is 27.2 Å². The minimum absolute atomic E-state index is 0.101. The Hall–Kier alpha value is -0.120. The van der Waals surface area contributed by atoms with E-state index in [1.807, 2.05) is 20.8 Å². The van der Waals surface area contributed by atoms with Crippen molar-refractivity contribution in [2.45, 2.75) is 38.9 Å². The Morgan fingerprint density at radius 2 is 2.00 bits per heavy atom. The number of hydrogen-bond acceptors (Lipinski definition) is 3. The Morgan fingerprint density at radius 3 is 2.42 bits per heavy atom. The van der Waals surface area contributed by atoms with Gasteiger partial charge in [0.15, 0.2) is 0 Å². The highest BCUT2D eigenvalue weighted by Crippen LogP contribution is 2.09. The van der Waals surface area contributed by atoms with E-state index >= 15 is 0 Å².